The van der Waals surface area contributed by atoms with E-state index in [1.165, 1.54) is 11.0 Å². The van der Waals surface area contributed by atoms with Crippen LogP contribution in [-0.4, -0.2) is 43.9 Å². The molecule has 1 fully saturated rings. The summed E-state index contributed by atoms with van der Waals surface area (Å²) in [5, 5.41) is 0.422. The molecule has 0 spiro atoms. The second kappa shape index (κ2) is 8.78. The zero-order valence-electron chi connectivity index (χ0n) is 18.0. The van der Waals surface area contributed by atoms with E-state index in [0.717, 1.165) is 17.5 Å². The molecule has 0 aliphatic carbocycles. The normalized spacial score (nSPS) is 17.4. The van der Waals surface area contributed by atoms with Gasteiger partial charge in [0.05, 0.1) is 24.0 Å². The Morgan fingerprint density at radius 2 is 1.84 bits per heavy atom. The second-order valence-electron chi connectivity index (χ2n) is 8.00. The number of hydrogen-bond acceptors (Lipinski definition) is 6. The lowest BCUT2D eigenvalue weighted by atomic mass is 10.1. The summed E-state index contributed by atoms with van der Waals surface area (Å²) in [6.07, 6.45) is 1.13. The van der Waals surface area contributed by atoms with Gasteiger partial charge in [0, 0.05) is 18.7 Å². The molecule has 1 atom stereocenters. The minimum Gasteiger partial charge on any atom is -0.497 e. The molecule has 0 unspecified atom stereocenters. The molecule has 0 radical (unpaired) electrons. The van der Waals surface area contributed by atoms with Crippen molar-refractivity contribution in [2.75, 3.05) is 18.6 Å². The number of hydrogen-bond donors (Lipinski definition) is 0. The monoisotopic (exact) mass is 455 g/mol. The average Bonchev–Trinajstić information content (AvgIpc) is 3.16. The SMILES string of the molecule is CCc1ccc2oc(C(=O)N(Cc3ccc(OC)cc3)[C@@H]3CCS(=O)(=O)C3)cc(=O)c2c1. The van der Waals surface area contributed by atoms with Crippen molar-refractivity contribution in [2.45, 2.75) is 32.4 Å². The summed E-state index contributed by atoms with van der Waals surface area (Å²) in [4.78, 5) is 27.7. The first kappa shape index (κ1) is 22.1. The number of methoxy groups -OCH3 is 1. The van der Waals surface area contributed by atoms with E-state index < -0.39 is 21.8 Å². The highest BCUT2D eigenvalue weighted by atomic mass is 32.2. The van der Waals surface area contributed by atoms with Crippen molar-refractivity contribution in [2.24, 2.45) is 0 Å². The lowest BCUT2D eigenvalue weighted by Gasteiger charge is -2.28. The van der Waals surface area contributed by atoms with Crippen LogP contribution in [0.3, 0.4) is 0 Å². The molecule has 1 aromatic heterocycles. The smallest absolute Gasteiger partial charge is 0.290 e. The van der Waals surface area contributed by atoms with Gasteiger partial charge < -0.3 is 14.1 Å². The van der Waals surface area contributed by atoms with Gasteiger partial charge in [-0.05, 0) is 48.2 Å². The van der Waals surface area contributed by atoms with Gasteiger partial charge in [0.15, 0.2) is 21.0 Å². The summed E-state index contributed by atoms with van der Waals surface area (Å²) in [6.45, 7) is 2.19. The van der Waals surface area contributed by atoms with E-state index >= 15 is 0 Å². The van der Waals surface area contributed by atoms with Crippen molar-refractivity contribution in [3.05, 3.63) is 75.6 Å². The van der Waals surface area contributed by atoms with Gasteiger partial charge in [0.1, 0.15) is 11.3 Å². The molecule has 2 heterocycles. The largest absolute Gasteiger partial charge is 0.497 e. The molecule has 0 saturated carbocycles. The summed E-state index contributed by atoms with van der Waals surface area (Å²) in [5.74, 6) is 0.0195. The van der Waals surface area contributed by atoms with Crippen LogP contribution in [0.2, 0.25) is 0 Å². The number of carbonyl (C=O) groups excluding carboxylic acids is 1. The summed E-state index contributed by atoms with van der Waals surface area (Å²) >= 11 is 0. The van der Waals surface area contributed by atoms with E-state index in [4.69, 9.17) is 9.15 Å². The Morgan fingerprint density at radius 1 is 1.12 bits per heavy atom. The van der Waals surface area contributed by atoms with Gasteiger partial charge in [-0.1, -0.05) is 25.1 Å². The highest BCUT2D eigenvalue weighted by molar-refractivity contribution is 7.91. The molecule has 168 valence electrons. The fourth-order valence-corrected chi connectivity index (χ4v) is 5.72. The molecule has 1 aliphatic rings. The molecular formula is C24H25NO6S. The molecule has 0 bridgehead atoms. The van der Waals surface area contributed by atoms with Crippen molar-refractivity contribution >= 4 is 26.7 Å². The van der Waals surface area contributed by atoms with Crippen LogP contribution in [0.5, 0.6) is 5.75 Å². The summed E-state index contributed by atoms with van der Waals surface area (Å²) in [6, 6.07) is 13.3. The molecule has 1 amide bonds. The summed E-state index contributed by atoms with van der Waals surface area (Å²) < 4.78 is 35.2. The van der Waals surface area contributed by atoms with Gasteiger partial charge in [-0.2, -0.15) is 0 Å². The standard InChI is InChI=1S/C24H25NO6S/c1-3-16-6-9-22-20(12-16)21(26)13-23(31-22)24(27)25(18-10-11-32(28,29)15-18)14-17-4-7-19(30-2)8-5-17/h4-9,12-13,18H,3,10-11,14-15H2,1-2H3/t18-/m1/s1. The van der Waals surface area contributed by atoms with Crippen molar-refractivity contribution in [3.63, 3.8) is 0 Å². The lowest BCUT2D eigenvalue weighted by molar-refractivity contribution is 0.0648. The van der Waals surface area contributed by atoms with E-state index in [-0.39, 0.29) is 29.2 Å². The van der Waals surface area contributed by atoms with Gasteiger partial charge in [-0.25, -0.2) is 8.42 Å². The highest BCUT2D eigenvalue weighted by Gasteiger charge is 2.36. The maximum atomic E-state index is 13.5. The number of fused-ring (bicyclic) bond motifs is 1. The average molecular weight is 456 g/mol. The van der Waals surface area contributed by atoms with Crippen LogP contribution in [0.4, 0.5) is 0 Å². The Morgan fingerprint density at radius 3 is 2.47 bits per heavy atom. The molecule has 1 saturated heterocycles. The number of ether oxygens (including phenoxy) is 1. The van der Waals surface area contributed by atoms with Crippen molar-refractivity contribution in [1.29, 1.82) is 0 Å². The van der Waals surface area contributed by atoms with E-state index in [1.807, 2.05) is 25.1 Å². The van der Waals surface area contributed by atoms with Crippen LogP contribution < -0.4 is 10.2 Å². The zero-order chi connectivity index (χ0) is 22.9. The molecule has 8 heteroatoms. The third-order valence-electron chi connectivity index (χ3n) is 5.83. The molecular weight excluding hydrogens is 430 g/mol. The van der Waals surface area contributed by atoms with Gasteiger partial charge in [0.2, 0.25) is 0 Å². The van der Waals surface area contributed by atoms with Gasteiger partial charge in [-0.3, -0.25) is 9.59 Å². The number of nitrogens with zero attached hydrogens (tertiary/aromatic N) is 1. The molecule has 1 aliphatic heterocycles. The fraction of sp³-hybridized carbons (Fsp3) is 0.333. The first-order valence-corrected chi connectivity index (χ1v) is 12.3. The Bertz CT molecular complexity index is 1310. The van der Waals surface area contributed by atoms with Crippen LogP contribution in [0.1, 0.15) is 35.0 Å². The Labute approximate surface area is 186 Å². The Kier molecular flexibility index (Phi) is 6.06. The van der Waals surface area contributed by atoms with E-state index in [0.29, 0.717) is 23.1 Å². The van der Waals surface area contributed by atoms with Crippen molar-refractivity contribution in [3.8, 4) is 5.75 Å². The van der Waals surface area contributed by atoms with E-state index in [9.17, 15) is 18.0 Å². The number of sulfone groups is 1. The fourth-order valence-electron chi connectivity index (χ4n) is 3.99. The summed E-state index contributed by atoms with van der Waals surface area (Å²) in [5.41, 5.74) is 1.86. The van der Waals surface area contributed by atoms with E-state index in [1.54, 1.807) is 31.4 Å². The molecule has 32 heavy (non-hydrogen) atoms. The molecule has 0 N–H and O–H groups in total. The first-order valence-electron chi connectivity index (χ1n) is 10.5. The van der Waals surface area contributed by atoms with Crippen molar-refractivity contribution < 1.29 is 22.4 Å². The predicted octanol–water partition coefficient (Wildman–Crippen LogP) is 3.19. The molecule has 4 rings (SSSR count). The van der Waals surface area contributed by atoms with Crippen LogP contribution in [0.15, 0.2) is 57.7 Å². The lowest BCUT2D eigenvalue weighted by Crippen LogP contribution is -2.40. The number of amides is 1. The van der Waals surface area contributed by atoms with Crippen molar-refractivity contribution in [1.82, 2.24) is 4.90 Å². The predicted molar refractivity (Wildman–Crippen MR) is 122 cm³/mol. The van der Waals surface area contributed by atoms with Crippen LogP contribution in [-0.2, 0) is 22.8 Å². The number of rotatable bonds is 6. The molecule has 3 aromatic rings. The maximum Gasteiger partial charge on any atom is 0.290 e. The number of benzene rings is 2. The van der Waals surface area contributed by atoms with Crippen LogP contribution >= 0.6 is 0 Å². The molecule has 2 aromatic carbocycles. The first-order chi connectivity index (χ1) is 15.3. The minimum absolute atomic E-state index is 0.0333. The number of aryl methyl sites for hydroxylation is 1. The maximum absolute atomic E-state index is 13.5. The zero-order valence-corrected chi connectivity index (χ0v) is 18.9. The van der Waals surface area contributed by atoms with E-state index in [2.05, 4.69) is 0 Å². The summed E-state index contributed by atoms with van der Waals surface area (Å²) in [7, 11) is -1.65. The quantitative estimate of drug-likeness (QED) is 0.567. The third-order valence-corrected chi connectivity index (χ3v) is 7.58. The number of carbonyl (C=O) groups is 1. The van der Waals surface area contributed by atoms with Gasteiger partial charge >= 0.3 is 0 Å². The van der Waals surface area contributed by atoms with Crippen LogP contribution in [0.25, 0.3) is 11.0 Å². The highest BCUT2D eigenvalue weighted by Crippen LogP contribution is 2.24. The van der Waals surface area contributed by atoms with Crippen LogP contribution in [0, 0.1) is 0 Å². The molecule has 7 nitrogen and oxygen atoms in total. The second-order valence-corrected chi connectivity index (χ2v) is 10.2. The topological polar surface area (TPSA) is 93.9 Å². The van der Waals surface area contributed by atoms with Gasteiger partial charge in [0.25, 0.3) is 5.91 Å². The third kappa shape index (κ3) is 4.55. The Hall–Kier alpha value is -3.13. The Balaban J connectivity index is 1.71. The van der Waals surface area contributed by atoms with Gasteiger partial charge in [-0.15, -0.1) is 0 Å². The minimum atomic E-state index is -3.22.